The third-order valence-electron chi connectivity index (χ3n) is 4.18. The molecule has 0 aromatic carbocycles. The fraction of sp³-hybridized carbons (Fsp3) is 0.923. The average molecular weight is 318 g/mol. The molecule has 7 nitrogen and oxygen atoms in total. The SMILES string of the molecule is NC(=O)CN(C1CCCNC1)S(=O)(=O)N1CCCCCC1. The second-order valence-electron chi connectivity index (χ2n) is 5.83. The Bertz CT molecular complexity index is 440. The molecule has 2 saturated heterocycles. The number of nitrogens with zero attached hydrogens (tertiary/aromatic N) is 2. The van der Waals surface area contributed by atoms with E-state index in [-0.39, 0.29) is 12.6 Å². The molecular weight excluding hydrogens is 292 g/mol. The molecule has 2 aliphatic rings. The number of nitrogens with one attached hydrogen (secondary N) is 1. The van der Waals surface area contributed by atoms with Crippen molar-refractivity contribution in [2.24, 2.45) is 5.73 Å². The topological polar surface area (TPSA) is 95.7 Å². The molecule has 0 radical (unpaired) electrons. The van der Waals surface area contributed by atoms with Gasteiger partial charge in [0.2, 0.25) is 5.91 Å². The van der Waals surface area contributed by atoms with Gasteiger partial charge in [0.05, 0.1) is 6.54 Å². The zero-order valence-electron chi connectivity index (χ0n) is 12.5. The first-order valence-electron chi connectivity index (χ1n) is 7.78. The van der Waals surface area contributed by atoms with E-state index in [1.807, 2.05) is 0 Å². The van der Waals surface area contributed by atoms with Crippen LogP contribution in [0.3, 0.4) is 0 Å². The van der Waals surface area contributed by atoms with Gasteiger partial charge in [-0.15, -0.1) is 0 Å². The van der Waals surface area contributed by atoms with Gasteiger partial charge in [-0.1, -0.05) is 12.8 Å². The summed E-state index contributed by atoms with van der Waals surface area (Å²) in [6, 6.07) is -0.181. The van der Waals surface area contributed by atoms with E-state index >= 15 is 0 Å². The minimum Gasteiger partial charge on any atom is -0.369 e. The summed E-state index contributed by atoms with van der Waals surface area (Å²) in [4.78, 5) is 11.3. The minimum absolute atomic E-state index is 0.181. The lowest BCUT2D eigenvalue weighted by molar-refractivity contribution is -0.118. The smallest absolute Gasteiger partial charge is 0.282 e. The lowest BCUT2D eigenvalue weighted by atomic mass is 10.1. The monoisotopic (exact) mass is 318 g/mol. The number of piperidine rings is 1. The van der Waals surface area contributed by atoms with E-state index in [9.17, 15) is 13.2 Å². The Balaban J connectivity index is 2.17. The van der Waals surface area contributed by atoms with E-state index in [1.54, 1.807) is 0 Å². The third-order valence-corrected chi connectivity index (χ3v) is 6.22. The summed E-state index contributed by atoms with van der Waals surface area (Å²) < 4.78 is 28.6. The van der Waals surface area contributed by atoms with Gasteiger partial charge >= 0.3 is 0 Å². The van der Waals surface area contributed by atoms with Gasteiger partial charge in [-0.05, 0) is 32.2 Å². The minimum atomic E-state index is -3.62. The van der Waals surface area contributed by atoms with Gasteiger partial charge in [-0.25, -0.2) is 0 Å². The molecule has 1 atom stereocenters. The zero-order valence-corrected chi connectivity index (χ0v) is 13.3. The Kier molecular flexibility index (Phi) is 5.98. The van der Waals surface area contributed by atoms with Crippen LogP contribution >= 0.6 is 0 Å². The van der Waals surface area contributed by atoms with Crippen molar-refractivity contribution in [2.75, 3.05) is 32.7 Å². The molecule has 0 spiro atoms. The van der Waals surface area contributed by atoms with Crippen molar-refractivity contribution in [1.29, 1.82) is 0 Å². The van der Waals surface area contributed by atoms with Crippen LogP contribution in [0.25, 0.3) is 0 Å². The van der Waals surface area contributed by atoms with Crippen molar-refractivity contribution >= 4 is 16.1 Å². The molecule has 2 aliphatic heterocycles. The number of hydrogen-bond donors (Lipinski definition) is 2. The van der Waals surface area contributed by atoms with Gasteiger partial charge in [-0.3, -0.25) is 4.79 Å². The van der Waals surface area contributed by atoms with Crippen LogP contribution in [-0.2, 0) is 15.0 Å². The summed E-state index contributed by atoms with van der Waals surface area (Å²) in [7, 11) is -3.62. The molecule has 122 valence electrons. The van der Waals surface area contributed by atoms with Crippen LogP contribution in [0.4, 0.5) is 0 Å². The molecule has 21 heavy (non-hydrogen) atoms. The first-order chi connectivity index (χ1) is 10.0. The molecular formula is C13H26N4O3S. The summed E-state index contributed by atoms with van der Waals surface area (Å²) in [5, 5.41) is 3.20. The lowest BCUT2D eigenvalue weighted by Crippen LogP contribution is -2.55. The quantitative estimate of drug-likeness (QED) is 0.724. The summed E-state index contributed by atoms with van der Waals surface area (Å²) >= 11 is 0. The van der Waals surface area contributed by atoms with Crippen LogP contribution in [0.15, 0.2) is 0 Å². The van der Waals surface area contributed by atoms with E-state index in [2.05, 4.69) is 5.32 Å². The van der Waals surface area contributed by atoms with Gasteiger partial charge < -0.3 is 11.1 Å². The highest BCUT2D eigenvalue weighted by atomic mass is 32.2. The molecule has 0 aliphatic carbocycles. The fourth-order valence-electron chi connectivity index (χ4n) is 3.05. The summed E-state index contributed by atoms with van der Waals surface area (Å²) in [6.45, 7) is 2.33. The van der Waals surface area contributed by atoms with Crippen molar-refractivity contribution in [3.63, 3.8) is 0 Å². The van der Waals surface area contributed by atoms with Crippen molar-refractivity contribution in [1.82, 2.24) is 13.9 Å². The summed E-state index contributed by atoms with van der Waals surface area (Å²) in [5.41, 5.74) is 5.27. The Morgan fingerprint density at radius 1 is 1.19 bits per heavy atom. The van der Waals surface area contributed by atoms with Crippen LogP contribution in [-0.4, -0.2) is 61.7 Å². The third kappa shape index (κ3) is 4.38. The molecule has 0 bridgehead atoms. The van der Waals surface area contributed by atoms with E-state index in [0.717, 1.165) is 45.1 Å². The van der Waals surface area contributed by atoms with E-state index in [4.69, 9.17) is 5.73 Å². The van der Waals surface area contributed by atoms with Crippen molar-refractivity contribution in [3.8, 4) is 0 Å². The normalized spacial score (nSPS) is 25.7. The van der Waals surface area contributed by atoms with E-state index in [0.29, 0.717) is 19.6 Å². The van der Waals surface area contributed by atoms with Crippen molar-refractivity contribution < 1.29 is 13.2 Å². The number of primary amides is 1. The second-order valence-corrected chi connectivity index (χ2v) is 7.71. The Morgan fingerprint density at radius 2 is 1.86 bits per heavy atom. The highest BCUT2D eigenvalue weighted by Gasteiger charge is 2.36. The first kappa shape index (κ1) is 16.7. The van der Waals surface area contributed by atoms with Crippen LogP contribution < -0.4 is 11.1 Å². The molecule has 0 aromatic heterocycles. The molecule has 2 heterocycles. The highest BCUT2D eigenvalue weighted by molar-refractivity contribution is 7.86. The largest absolute Gasteiger partial charge is 0.369 e. The van der Waals surface area contributed by atoms with Crippen LogP contribution in [0.1, 0.15) is 38.5 Å². The fourth-order valence-corrected chi connectivity index (χ4v) is 4.92. The molecule has 0 aromatic rings. The van der Waals surface area contributed by atoms with Gasteiger partial charge in [0, 0.05) is 25.7 Å². The highest BCUT2D eigenvalue weighted by Crippen LogP contribution is 2.21. The zero-order chi connectivity index (χ0) is 15.3. The maximum atomic E-state index is 12.9. The standard InChI is InChI=1S/C13H26N4O3S/c14-13(18)11-17(12-6-5-7-15-10-12)21(19,20)16-8-3-1-2-4-9-16/h12,15H,1-11H2,(H2,14,18). The molecule has 1 amide bonds. The molecule has 1 unspecified atom stereocenters. The maximum absolute atomic E-state index is 12.9. The van der Waals surface area contributed by atoms with Crippen LogP contribution in [0.2, 0.25) is 0 Å². The van der Waals surface area contributed by atoms with Crippen LogP contribution in [0.5, 0.6) is 0 Å². The first-order valence-corrected chi connectivity index (χ1v) is 9.17. The van der Waals surface area contributed by atoms with Crippen LogP contribution in [0, 0.1) is 0 Å². The van der Waals surface area contributed by atoms with Gasteiger partial charge in [0.25, 0.3) is 10.2 Å². The number of rotatable bonds is 5. The van der Waals surface area contributed by atoms with E-state index < -0.39 is 16.1 Å². The molecule has 3 N–H and O–H groups in total. The predicted molar refractivity (Wildman–Crippen MR) is 80.8 cm³/mol. The van der Waals surface area contributed by atoms with E-state index in [1.165, 1.54) is 8.61 Å². The predicted octanol–water partition coefficient (Wildman–Crippen LogP) is -0.353. The summed E-state index contributed by atoms with van der Waals surface area (Å²) in [5.74, 6) is -0.598. The molecule has 2 fully saturated rings. The Morgan fingerprint density at radius 3 is 2.38 bits per heavy atom. The number of amides is 1. The average Bonchev–Trinajstić information content (AvgIpc) is 2.75. The van der Waals surface area contributed by atoms with Crippen molar-refractivity contribution in [2.45, 2.75) is 44.6 Å². The number of hydrogen-bond acceptors (Lipinski definition) is 4. The molecule has 8 heteroatoms. The molecule has 2 rings (SSSR count). The lowest BCUT2D eigenvalue weighted by Gasteiger charge is -2.36. The maximum Gasteiger partial charge on any atom is 0.282 e. The Labute approximate surface area is 127 Å². The molecule has 0 saturated carbocycles. The summed E-state index contributed by atoms with van der Waals surface area (Å²) in [6.07, 6.45) is 5.57. The number of nitrogens with two attached hydrogens (primary N) is 1. The van der Waals surface area contributed by atoms with Gasteiger partial charge in [-0.2, -0.15) is 17.0 Å². The Hall–Kier alpha value is -0.700. The van der Waals surface area contributed by atoms with Gasteiger partial charge in [0.15, 0.2) is 0 Å². The number of carbonyl (C=O) groups excluding carboxylic acids is 1. The van der Waals surface area contributed by atoms with Crippen molar-refractivity contribution in [3.05, 3.63) is 0 Å². The van der Waals surface area contributed by atoms with Gasteiger partial charge in [0.1, 0.15) is 0 Å². The second kappa shape index (κ2) is 7.53. The number of carbonyl (C=O) groups is 1.